The molecule has 0 spiro atoms. The summed E-state index contributed by atoms with van der Waals surface area (Å²) >= 11 is 0. The highest BCUT2D eigenvalue weighted by Crippen LogP contribution is 2.25. The lowest BCUT2D eigenvalue weighted by atomic mass is 10.1. The minimum Gasteiger partial charge on any atom is -0.497 e. The number of amides is 2. The molecule has 0 heterocycles. The van der Waals surface area contributed by atoms with Gasteiger partial charge < -0.3 is 15.0 Å². The lowest BCUT2D eigenvalue weighted by Crippen LogP contribution is -2.53. The Bertz CT molecular complexity index is 1380. The third-order valence-electron chi connectivity index (χ3n) is 7.23. The molecule has 0 radical (unpaired) electrons. The van der Waals surface area contributed by atoms with Gasteiger partial charge in [-0.25, -0.2) is 8.42 Å². The van der Waals surface area contributed by atoms with Crippen LogP contribution in [0.25, 0.3) is 0 Å². The summed E-state index contributed by atoms with van der Waals surface area (Å²) in [7, 11) is -2.50. The monoisotopic (exact) mass is 563 g/mol. The van der Waals surface area contributed by atoms with Crippen LogP contribution in [-0.4, -0.2) is 50.9 Å². The average molecular weight is 564 g/mol. The molecular formula is C31H37N3O5S. The van der Waals surface area contributed by atoms with Crippen molar-refractivity contribution >= 4 is 27.5 Å². The van der Waals surface area contributed by atoms with Gasteiger partial charge in [0.2, 0.25) is 11.8 Å². The molecule has 1 atom stereocenters. The number of anilines is 1. The predicted octanol–water partition coefficient (Wildman–Crippen LogP) is 4.76. The molecule has 1 unspecified atom stereocenters. The summed E-state index contributed by atoms with van der Waals surface area (Å²) in [6.45, 7) is 1.53. The third kappa shape index (κ3) is 7.01. The van der Waals surface area contributed by atoms with Crippen molar-refractivity contribution in [3.05, 3.63) is 90.5 Å². The number of nitrogens with zero attached hydrogens (tertiary/aromatic N) is 2. The number of hydrogen-bond acceptors (Lipinski definition) is 5. The highest BCUT2D eigenvalue weighted by molar-refractivity contribution is 7.92. The van der Waals surface area contributed by atoms with E-state index in [1.165, 1.54) is 17.0 Å². The molecule has 212 valence electrons. The summed E-state index contributed by atoms with van der Waals surface area (Å²) in [6, 6.07) is 23.2. The molecule has 40 heavy (non-hydrogen) atoms. The highest BCUT2D eigenvalue weighted by atomic mass is 32.2. The first-order chi connectivity index (χ1) is 19.3. The Morgan fingerprint density at radius 3 is 2.23 bits per heavy atom. The van der Waals surface area contributed by atoms with Gasteiger partial charge >= 0.3 is 0 Å². The molecule has 0 aliphatic heterocycles. The first-order valence-corrected chi connectivity index (χ1v) is 15.1. The first-order valence-electron chi connectivity index (χ1n) is 13.7. The fraction of sp³-hybridized carbons (Fsp3) is 0.355. The molecule has 8 nitrogen and oxygen atoms in total. The van der Waals surface area contributed by atoms with E-state index in [-0.39, 0.29) is 23.4 Å². The molecule has 0 bridgehead atoms. The van der Waals surface area contributed by atoms with Crippen LogP contribution < -0.4 is 14.4 Å². The summed E-state index contributed by atoms with van der Waals surface area (Å²) in [4.78, 5) is 29.2. The van der Waals surface area contributed by atoms with Crippen molar-refractivity contribution in [1.29, 1.82) is 0 Å². The van der Waals surface area contributed by atoms with Crippen molar-refractivity contribution < 1.29 is 22.7 Å². The number of nitrogens with one attached hydrogen (secondary N) is 1. The van der Waals surface area contributed by atoms with Gasteiger partial charge in [0.25, 0.3) is 10.0 Å². The van der Waals surface area contributed by atoms with E-state index in [1.807, 2.05) is 31.2 Å². The highest BCUT2D eigenvalue weighted by Gasteiger charge is 2.34. The zero-order chi connectivity index (χ0) is 28.5. The predicted molar refractivity (Wildman–Crippen MR) is 155 cm³/mol. The van der Waals surface area contributed by atoms with Crippen LogP contribution >= 0.6 is 0 Å². The van der Waals surface area contributed by atoms with Gasteiger partial charge in [0, 0.05) is 12.6 Å². The van der Waals surface area contributed by atoms with Crippen molar-refractivity contribution in [2.24, 2.45) is 0 Å². The van der Waals surface area contributed by atoms with Crippen molar-refractivity contribution in [3.63, 3.8) is 0 Å². The van der Waals surface area contributed by atoms with Crippen LogP contribution in [0.2, 0.25) is 0 Å². The van der Waals surface area contributed by atoms with Gasteiger partial charge in [0.05, 0.1) is 17.7 Å². The number of rotatable bonds is 12. The maximum atomic E-state index is 14.1. The number of methoxy groups -OCH3 is 1. The molecule has 1 fully saturated rings. The molecule has 9 heteroatoms. The summed E-state index contributed by atoms with van der Waals surface area (Å²) < 4.78 is 34.1. The number of ether oxygens (including phenoxy) is 1. The quantitative estimate of drug-likeness (QED) is 0.343. The number of carbonyl (C=O) groups is 2. The van der Waals surface area contributed by atoms with E-state index in [0.29, 0.717) is 17.9 Å². The summed E-state index contributed by atoms with van der Waals surface area (Å²) in [5, 5.41) is 3.13. The number of para-hydroxylation sites is 1. The molecule has 4 rings (SSSR count). The molecular weight excluding hydrogens is 526 g/mol. The topological polar surface area (TPSA) is 96.0 Å². The van der Waals surface area contributed by atoms with E-state index in [4.69, 9.17) is 4.74 Å². The largest absolute Gasteiger partial charge is 0.497 e. The zero-order valence-corrected chi connectivity index (χ0v) is 23.8. The minimum atomic E-state index is -4.07. The van der Waals surface area contributed by atoms with Gasteiger partial charge in [0.1, 0.15) is 18.3 Å². The van der Waals surface area contributed by atoms with Crippen LogP contribution in [0.1, 0.15) is 44.6 Å². The fourth-order valence-electron chi connectivity index (χ4n) is 5.10. The summed E-state index contributed by atoms with van der Waals surface area (Å²) in [6.07, 6.45) is 4.35. The average Bonchev–Trinajstić information content (AvgIpc) is 3.49. The molecule has 1 aliphatic carbocycles. The maximum Gasteiger partial charge on any atom is 0.264 e. The minimum absolute atomic E-state index is 0.0806. The van der Waals surface area contributed by atoms with Gasteiger partial charge in [-0.05, 0) is 61.2 Å². The van der Waals surface area contributed by atoms with Crippen LogP contribution in [0.15, 0.2) is 89.8 Å². The smallest absolute Gasteiger partial charge is 0.264 e. The number of benzene rings is 3. The second-order valence-electron chi connectivity index (χ2n) is 9.95. The molecule has 0 saturated heterocycles. The zero-order valence-electron chi connectivity index (χ0n) is 23.0. The number of sulfonamides is 1. The van der Waals surface area contributed by atoms with E-state index in [0.717, 1.165) is 35.6 Å². The third-order valence-corrected chi connectivity index (χ3v) is 9.02. The second-order valence-corrected chi connectivity index (χ2v) is 11.8. The normalized spacial score (nSPS) is 14.3. The van der Waals surface area contributed by atoms with E-state index >= 15 is 0 Å². The van der Waals surface area contributed by atoms with Crippen molar-refractivity contribution in [2.75, 3.05) is 18.0 Å². The Morgan fingerprint density at radius 2 is 1.60 bits per heavy atom. The molecule has 3 aromatic carbocycles. The summed E-state index contributed by atoms with van der Waals surface area (Å²) in [5.74, 6) is -0.0617. The molecule has 3 aromatic rings. The Morgan fingerprint density at radius 1 is 0.950 bits per heavy atom. The van der Waals surface area contributed by atoms with E-state index in [2.05, 4.69) is 5.32 Å². The molecule has 1 saturated carbocycles. The first kappa shape index (κ1) is 29.1. The van der Waals surface area contributed by atoms with Crippen molar-refractivity contribution in [2.45, 2.75) is 62.6 Å². The van der Waals surface area contributed by atoms with E-state index in [9.17, 15) is 18.0 Å². The van der Waals surface area contributed by atoms with Gasteiger partial charge in [-0.3, -0.25) is 13.9 Å². The van der Waals surface area contributed by atoms with Crippen LogP contribution in [0.5, 0.6) is 5.75 Å². The molecule has 2 amide bonds. The second kappa shape index (κ2) is 13.5. The SMILES string of the molecule is CCC(C(=O)NC1CCCC1)N(Cc1cccc(OC)c1)C(=O)CN(c1ccccc1)S(=O)(=O)c1ccccc1. The molecule has 1 N–H and O–H groups in total. The van der Waals surface area contributed by atoms with E-state index < -0.39 is 28.5 Å². The lowest BCUT2D eigenvalue weighted by molar-refractivity contribution is -0.140. The van der Waals surface area contributed by atoms with Crippen LogP contribution in [0.4, 0.5) is 5.69 Å². The number of hydrogen-bond donors (Lipinski definition) is 1. The standard InChI is InChI=1S/C31H37N3O5S/c1-3-29(31(36)32-25-14-10-11-15-25)33(22-24-13-12-18-27(21-24)39-2)30(35)23-34(26-16-6-4-7-17-26)40(37,38)28-19-8-5-9-20-28/h4-9,12-13,16-21,25,29H,3,10-11,14-15,22-23H2,1-2H3,(H,32,36). The van der Waals surface area contributed by atoms with Crippen molar-refractivity contribution in [3.8, 4) is 5.75 Å². The van der Waals surface area contributed by atoms with E-state index in [1.54, 1.807) is 55.6 Å². The molecule has 0 aromatic heterocycles. The Labute approximate surface area is 237 Å². The molecule has 1 aliphatic rings. The van der Waals surface area contributed by atoms with Crippen molar-refractivity contribution in [1.82, 2.24) is 10.2 Å². The Balaban J connectivity index is 1.69. The lowest BCUT2D eigenvalue weighted by Gasteiger charge is -2.33. The van der Waals surface area contributed by atoms with Crippen LogP contribution in [0.3, 0.4) is 0 Å². The number of carbonyl (C=O) groups excluding carboxylic acids is 2. The fourth-order valence-corrected chi connectivity index (χ4v) is 6.53. The Hall–Kier alpha value is -3.85. The van der Waals surface area contributed by atoms with Gasteiger partial charge in [0.15, 0.2) is 0 Å². The maximum absolute atomic E-state index is 14.1. The van der Waals surface area contributed by atoms with Gasteiger partial charge in [-0.15, -0.1) is 0 Å². The van der Waals surface area contributed by atoms with Gasteiger partial charge in [-0.2, -0.15) is 0 Å². The Kier molecular flexibility index (Phi) is 9.82. The van der Waals surface area contributed by atoms with Crippen LogP contribution in [0, 0.1) is 0 Å². The summed E-state index contributed by atoms with van der Waals surface area (Å²) in [5.41, 5.74) is 1.14. The van der Waals surface area contributed by atoms with Crippen LogP contribution in [-0.2, 0) is 26.2 Å². The van der Waals surface area contributed by atoms with Gasteiger partial charge in [-0.1, -0.05) is 68.3 Å².